The highest BCUT2D eigenvalue weighted by Gasteiger charge is 2.51. The Morgan fingerprint density at radius 3 is 2.49 bits per heavy atom. The van der Waals surface area contributed by atoms with Gasteiger partial charge >= 0.3 is 20.5 Å². The Labute approximate surface area is 245 Å². The quantitative estimate of drug-likeness (QED) is 0.0872. The Bertz CT molecular complexity index is 1410. The van der Waals surface area contributed by atoms with Gasteiger partial charge in [-0.25, -0.2) is 28.2 Å². The predicted octanol–water partition coefficient (Wildman–Crippen LogP) is -2.90. The van der Waals surface area contributed by atoms with E-state index >= 15 is 0 Å². The van der Waals surface area contributed by atoms with Gasteiger partial charge in [0, 0.05) is 6.92 Å². The number of phosphoric ester groups is 1. The smallest absolute Gasteiger partial charge is 0.463 e. The molecule has 4 heterocycles. The van der Waals surface area contributed by atoms with E-state index in [1.165, 1.54) is 10.9 Å². The number of rotatable bonds is 11. The van der Waals surface area contributed by atoms with Crippen molar-refractivity contribution < 1.29 is 76.6 Å². The normalized spacial score (nSPS) is 34.9. The number of nitrogens with two attached hydrogens (primary N) is 1. The number of aliphatic hydroxyl groups is 5. The number of aromatic nitrogens is 4. The Morgan fingerprint density at radius 2 is 1.81 bits per heavy atom. The summed E-state index contributed by atoms with van der Waals surface area (Å²) in [5.74, 6) is -0.830. The maximum atomic E-state index is 14.5. The number of carbonyl (C=O) groups is 1. The second-order valence-electron chi connectivity index (χ2n) is 9.31. The maximum Gasteiger partial charge on any atom is 0.481 e. The van der Waals surface area contributed by atoms with Gasteiger partial charge in [-0.05, 0) is 11.8 Å². The minimum Gasteiger partial charge on any atom is -0.463 e. The van der Waals surface area contributed by atoms with Crippen LogP contribution in [0.5, 0.6) is 0 Å². The number of imidazole rings is 1. The molecule has 0 radical (unpaired) electrons. The minimum atomic E-state index is -5.53. The van der Waals surface area contributed by atoms with Crippen molar-refractivity contribution in [2.45, 2.75) is 68.3 Å². The number of hydrogen-bond donors (Lipinski definition) is 8. The standard InChI is InChI=1S/C19H28FN5O15P2S/c1-6(26)35-2-7(20)15-12(29)11(28)14(31)19(38-15)39-41(32,33)40-42(34,43)36-3-8-10(27)13(30)18(37-8)25-5-24-9-16(21)22-4-23-17(9)25/h4-5,7-8,10-15,18-19,27-31H,2-3H2,1H3,(H,32,33)(H,34,43)(H2,21,22,23)/t7-,8+,10?,11-,12-,13-,14?,15?,18+,19-,42?/m0/s1. The molecule has 12 atom stereocenters. The van der Waals surface area contributed by atoms with E-state index in [-0.39, 0.29) is 17.0 Å². The Morgan fingerprint density at radius 1 is 1.12 bits per heavy atom. The summed E-state index contributed by atoms with van der Waals surface area (Å²) < 4.78 is 57.5. The van der Waals surface area contributed by atoms with Gasteiger partial charge in [-0.3, -0.25) is 13.9 Å². The number of carbonyl (C=O) groups excluding carboxylic acids is 1. The molecule has 2 fully saturated rings. The minimum absolute atomic E-state index is 0.0457. The summed E-state index contributed by atoms with van der Waals surface area (Å²) in [7, 11) is -5.53. The van der Waals surface area contributed by atoms with Gasteiger partial charge in [0.05, 0.1) is 12.9 Å². The van der Waals surface area contributed by atoms with Crippen LogP contribution >= 0.6 is 14.5 Å². The zero-order valence-corrected chi connectivity index (χ0v) is 24.4. The second kappa shape index (κ2) is 13.3. The summed E-state index contributed by atoms with van der Waals surface area (Å²) in [5.41, 5.74) is 6.10. The predicted molar refractivity (Wildman–Crippen MR) is 138 cm³/mol. The van der Waals surface area contributed by atoms with E-state index < -0.39 is 95.1 Å². The van der Waals surface area contributed by atoms with E-state index in [4.69, 9.17) is 31.5 Å². The van der Waals surface area contributed by atoms with E-state index in [1.54, 1.807) is 0 Å². The highest BCUT2D eigenvalue weighted by molar-refractivity contribution is 8.08. The topological polar surface area (TPSA) is 301 Å². The molecule has 0 amide bonds. The second-order valence-corrected chi connectivity index (χ2v) is 13.7. The van der Waals surface area contributed by atoms with Crippen molar-refractivity contribution in [3.8, 4) is 0 Å². The molecule has 9 N–H and O–H groups in total. The van der Waals surface area contributed by atoms with Gasteiger partial charge in [0.1, 0.15) is 61.2 Å². The molecule has 4 rings (SSSR count). The number of phosphoric acid groups is 1. The van der Waals surface area contributed by atoms with Crippen LogP contribution < -0.4 is 5.73 Å². The first-order valence-electron chi connectivity index (χ1n) is 12.1. The number of alkyl halides is 1. The van der Waals surface area contributed by atoms with Crippen LogP contribution in [0.3, 0.4) is 0 Å². The molecule has 2 aliphatic heterocycles. The third kappa shape index (κ3) is 7.69. The number of anilines is 1. The molecule has 2 saturated heterocycles. The molecule has 24 heteroatoms. The largest absolute Gasteiger partial charge is 0.481 e. The number of nitrogen functional groups attached to an aromatic ring is 1. The molecule has 0 aliphatic carbocycles. The molecular weight excluding hydrogens is 651 g/mol. The number of nitrogens with zero attached hydrogens (tertiary/aromatic N) is 4. The molecule has 2 aromatic rings. The van der Waals surface area contributed by atoms with Crippen molar-refractivity contribution in [2.24, 2.45) is 0 Å². The molecule has 43 heavy (non-hydrogen) atoms. The van der Waals surface area contributed by atoms with Crippen LogP contribution in [0.25, 0.3) is 11.2 Å². The van der Waals surface area contributed by atoms with E-state index in [9.17, 15) is 49.1 Å². The maximum absolute atomic E-state index is 14.5. The molecule has 0 spiro atoms. The lowest BCUT2D eigenvalue weighted by Gasteiger charge is -2.41. The average Bonchev–Trinajstić information content (AvgIpc) is 3.47. The molecular formula is C19H28FN5O15P2S. The van der Waals surface area contributed by atoms with Gasteiger partial charge < -0.3 is 59.8 Å². The van der Waals surface area contributed by atoms with E-state index in [2.05, 4.69) is 28.5 Å². The summed E-state index contributed by atoms with van der Waals surface area (Å²) in [4.78, 5) is 43.3. The fraction of sp³-hybridized carbons (Fsp3) is 0.684. The number of fused-ring (bicyclic) bond motifs is 1. The van der Waals surface area contributed by atoms with Crippen molar-refractivity contribution in [1.82, 2.24) is 19.5 Å². The molecule has 242 valence electrons. The van der Waals surface area contributed by atoms with Gasteiger partial charge in [0.15, 0.2) is 30.2 Å². The van der Waals surface area contributed by atoms with Crippen LogP contribution in [0.15, 0.2) is 12.7 Å². The van der Waals surface area contributed by atoms with Crippen LogP contribution in [0.4, 0.5) is 10.2 Å². The van der Waals surface area contributed by atoms with Crippen LogP contribution in [0.1, 0.15) is 13.2 Å². The number of halogens is 1. The van der Waals surface area contributed by atoms with Gasteiger partial charge in [-0.15, -0.1) is 0 Å². The zero-order valence-electron chi connectivity index (χ0n) is 21.8. The van der Waals surface area contributed by atoms with E-state index in [1.807, 2.05) is 0 Å². The van der Waals surface area contributed by atoms with Crippen molar-refractivity contribution in [2.75, 3.05) is 18.9 Å². The molecule has 5 unspecified atom stereocenters. The number of hydrogen-bond acceptors (Lipinski definition) is 18. The van der Waals surface area contributed by atoms with E-state index in [0.717, 1.165) is 13.3 Å². The summed E-state index contributed by atoms with van der Waals surface area (Å²) in [6.07, 6.45) is -16.6. The first-order valence-corrected chi connectivity index (χ1v) is 16.2. The van der Waals surface area contributed by atoms with Gasteiger partial charge in [-0.1, -0.05) is 0 Å². The van der Waals surface area contributed by atoms with Gasteiger partial charge in [-0.2, -0.15) is 0 Å². The Kier molecular flexibility index (Phi) is 10.5. The number of aliphatic hydroxyl groups excluding tert-OH is 5. The summed E-state index contributed by atoms with van der Waals surface area (Å²) in [6.45, 7) is -5.47. The summed E-state index contributed by atoms with van der Waals surface area (Å²) in [5, 5.41) is 51.2. The molecule has 20 nitrogen and oxygen atoms in total. The van der Waals surface area contributed by atoms with Crippen LogP contribution in [-0.4, -0.2) is 129 Å². The third-order valence-electron chi connectivity index (χ3n) is 6.25. The summed E-state index contributed by atoms with van der Waals surface area (Å²) in [6, 6.07) is 0. The van der Waals surface area contributed by atoms with Gasteiger partial charge in [0.25, 0.3) is 0 Å². The lowest BCUT2D eigenvalue weighted by Crippen LogP contribution is -2.61. The lowest BCUT2D eigenvalue weighted by molar-refractivity contribution is -0.287. The zero-order chi connectivity index (χ0) is 31.9. The van der Waals surface area contributed by atoms with Crippen LogP contribution in [0.2, 0.25) is 0 Å². The number of ether oxygens (including phenoxy) is 3. The fourth-order valence-corrected chi connectivity index (χ4v) is 7.28. The molecule has 0 aromatic carbocycles. The summed E-state index contributed by atoms with van der Waals surface area (Å²) >= 11 is 4.71. The van der Waals surface area contributed by atoms with E-state index in [0.29, 0.717) is 0 Å². The average molecular weight is 679 g/mol. The molecule has 0 saturated carbocycles. The fourth-order valence-electron chi connectivity index (χ4n) is 4.18. The lowest BCUT2D eigenvalue weighted by atomic mass is 9.96. The SMILES string of the molecule is CC(=O)OC[C@H](F)C1O[C@@H](OP(=O)(O)OP(O)(=S)OC[C@H]2O[C@@H](n3cnc4c(N)ncnc43)[C@@H](O)C2O)C(O)[C@@H](O)[C@@H]1O. The number of esters is 1. The first kappa shape index (κ1) is 34.0. The van der Waals surface area contributed by atoms with Crippen LogP contribution in [-0.2, 0) is 48.7 Å². The van der Waals surface area contributed by atoms with Crippen molar-refractivity contribution in [3.05, 3.63) is 12.7 Å². The molecule has 2 aliphatic rings. The highest BCUT2D eigenvalue weighted by atomic mass is 32.5. The Hall–Kier alpha value is -1.85. The van der Waals surface area contributed by atoms with Crippen molar-refractivity contribution in [3.63, 3.8) is 0 Å². The molecule has 0 bridgehead atoms. The monoisotopic (exact) mass is 679 g/mol. The van der Waals surface area contributed by atoms with Gasteiger partial charge in [0.2, 0.25) is 0 Å². The van der Waals surface area contributed by atoms with Crippen LogP contribution in [0, 0.1) is 0 Å². The Balaban J connectivity index is 1.37. The molecule has 2 aromatic heterocycles. The highest BCUT2D eigenvalue weighted by Crippen LogP contribution is 2.61. The first-order chi connectivity index (χ1) is 20.0. The van der Waals surface area contributed by atoms with Crippen molar-refractivity contribution in [1.29, 1.82) is 0 Å². The van der Waals surface area contributed by atoms with Crippen molar-refractivity contribution >= 4 is 49.3 Å². The third-order valence-corrected chi connectivity index (χ3v) is 9.77.